The number of amides is 1. The van der Waals surface area contributed by atoms with Gasteiger partial charge in [0.1, 0.15) is 5.75 Å². The number of hydrogen-bond acceptors (Lipinski definition) is 3. The number of rotatable bonds is 3. The van der Waals surface area contributed by atoms with Crippen molar-refractivity contribution >= 4 is 12.0 Å². The summed E-state index contributed by atoms with van der Waals surface area (Å²) in [6.45, 7) is -0.214. The SMILES string of the molecule is O=C=NC(=O)COc1ccc2c(c1)CCC2. The van der Waals surface area contributed by atoms with Gasteiger partial charge in [0, 0.05) is 0 Å². The van der Waals surface area contributed by atoms with Crippen molar-refractivity contribution in [2.75, 3.05) is 6.61 Å². The summed E-state index contributed by atoms with van der Waals surface area (Å²) in [5, 5.41) is 0. The normalized spacial score (nSPS) is 12.8. The van der Waals surface area contributed by atoms with Crippen LogP contribution < -0.4 is 4.74 Å². The first kappa shape index (κ1) is 10.6. The average molecular weight is 217 g/mol. The lowest BCUT2D eigenvalue weighted by Gasteiger charge is -2.05. The number of aryl methyl sites for hydroxylation is 2. The standard InChI is InChI=1S/C12H11NO3/c14-8-13-12(15)7-16-11-5-4-9-2-1-3-10(9)6-11/h4-6H,1-3,7H2. The number of isocyanates is 1. The second-order valence-corrected chi connectivity index (χ2v) is 3.67. The Morgan fingerprint density at radius 1 is 1.38 bits per heavy atom. The molecule has 1 amide bonds. The summed E-state index contributed by atoms with van der Waals surface area (Å²) in [6.07, 6.45) is 4.54. The van der Waals surface area contributed by atoms with Gasteiger partial charge >= 0.3 is 0 Å². The second kappa shape index (κ2) is 4.73. The predicted molar refractivity (Wildman–Crippen MR) is 57.1 cm³/mol. The van der Waals surface area contributed by atoms with E-state index in [1.165, 1.54) is 23.6 Å². The molecule has 0 spiro atoms. The van der Waals surface area contributed by atoms with Gasteiger partial charge in [-0.25, -0.2) is 4.79 Å². The summed E-state index contributed by atoms with van der Waals surface area (Å²) in [6, 6.07) is 5.80. The van der Waals surface area contributed by atoms with E-state index in [-0.39, 0.29) is 6.61 Å². The highest BCUT2D eigenvalue weighted by Gasteiger charge is 2.11. The molecular formula is C12H11NO3. The quantitative estimate of drug-likeness (QED) is 0.568. The van der Waals surface area contributed by atoms with Crippen molar-refractivity contribution in [3.8, 4) is 5.75 Å². The Balaban J connectivity index is 2.00. The van der Waals surface area contributed by atoms with Gasteiger partial charge in [-0.2, -0.15) is 0 Å². The second-order valence-electron chi connectivity index (χ2n) is 3.67. The fraction of sp³-hybridized carbons (Fsp3) is 0.333. The van der Waals surface area contributed by atoms with E-state index >= 15 is 0 Å². The lowest BCUT2D eigenvalue weighted by Crippen LogP contribution is -2.08. The van der Waals surface area contributed by atoms with Crippen molar-refractivity contribution in [1.82, 2.24) is 0 Å². The number of carbonyl (C=O) groups excluding carboxylic acids is 2. The van der Waals surface area contributed by atoms with Crippen LogP contribution in [0.25, 0.3) is 0 Å². The summed E-state index contributed by atoms with van der Waals surface area (Å²) in [5.74, 6) is 0.0330. The monoisotopic (exact) mass is 217 g/mol. The van der Waals surface area contributed by atoms with E-state index in [1.807, 2.05) is 18.2 Å². The third kappa shape index (κ3) is 2.35. The molecular weight excluding hydrogens is 206 g/mol. The fourth-order valence-corrected chi connectivity index (χ4v) is 1.87. The van der Waals surface area contributed by atoms with Gasteiger partial charge in [-0.3, -0.25) is 4.79 Å². The van der Waals surface area contributed by atoms with Gasteiger partial charge in [0.15, 0.2) is 6.61 Å². The number of nitrogens with zero attached hydrogens (tertiary/aromatic N) is 1. The van der Waals surface area contributed by atoms with Crippen LogP contribution in [0.15, 0.2) is 23.2 Å². The summed E-state index contributed by atoms with van der Waals surface area (Å²) < 4.78 is 5.22. The maximum absolute atomic E-state index is 10.9. The maximum Gasteiger partial charge on any atom is 0.294 e. The molecule has 0 bridgehead atoms. The zero-order valence-corrected chi connectivity index (χ0v) is 8.73. The van der Waals surface area contributed by atoms with Crippen molar-refractivity contribution < 1.29 is 14.3 Å². The number of aliphatic imine (C=N–C) groups is 1. The Hall–Kier alpha value is -1.93. The molecule has 0 N–H and O–H groups in total. The van der Waals surface area contributed by atoms with Crippen LogP contribution in [0.1, 0.15) is 17.5 Å². The van der Waals surface area contributed by atoms with E-state index < -0.39 is 5.91 Å². The predicted octanol–water partition coefficient (Wildman–Crippen LogP) is 1.42. The van der Waals surface area contributed by atoms with E-state index in [9.17, 15) is 9.59 Å². The molecule has 4 heteroatoms. The fourth-order valence-electron chi connectivity index (χ4n) is 1.87. The number of ether oxygens (including phenoxy) is 1. The first-order chi connectivity index (χ1) is 7.79. The average Bonchev–Trinajstić information content (AvgIpc) is 2.74. The summed E-state index contributed by atoms with van der Waals surface area (Å²) in [4.78, 5) is 23.7. The zero-order chi connectivity index (χ0) is 11.4. The third-order valence-corrected chi connectivity index (χ3v) is 2.60. The van der Waals surface area contributed by atoms with Crippen LogP contribution in [0.4, 0.5) is 0 Å². The molecule has 0 unspecified atom stereocenters. The van der Waals surface area contributed by atoms with Crippen LogP contribution in [0.3, 0.4) is 0 Å². The molecule has 0 fully saturated rings. The minimum atomic E-state index is -0.615. The van der Waals surface area contributed by atoms with E-state index in [4.69, 9.17) is 4.74 Å². The molecule has 0 saturated heterocycles. The Morgan fingerprint density at radius 3 is 3.00 bits per heavy atom. The molecule has 16 heavy (non-hydrogen) atoms. The largest absolute Gasteiger partial charge is 0.484 e. The van der Waals surface area contributed by atoms with Crippen molar-refractivity contribution in [3.63, 3.8) is 0 Å². The molecule has 0 saturated carbocycles. The van der Waals surface area contributed by atoms with E-state index in [2.05, 4.69) is 4.99 Å². The zero-order valence-electron chi connectivity index (χ0n) is 8.73. The number of carbonyl (C=O) groups is 1. The molecule has 1 aliphatic rings. The maximum atomic E-state index is 10.9. The molecule has 82 valence electrons. The molecule has 2 rings (SSSR count). The lowest BCUT2D eigenvalue weighted by atomic mass is 10.1. The number of benzene rings is 1. The van der Waals surface area contributed by atoms with Gasteiger partial charge in [0.2, 0.25) is 6.08 Å². The summed E-state index contributed by atoms with van der Waals surface area (Å²) in [5.41, 5.74) is 2.63. The first-order valence-electron chi connectivity index (χ1n) is 5.15. The molecule has 1 aliphatic carbocycles. The lowest BCUT2D eigenvalue weighted by molar-refractivity contribution is -0.119. The molecule has 4 nitrogen and oxygen atoms in total. The first-order valence-corrected chi connectivity index (χ1v) is 5.15. The van der Waals surface area contributed by atoms with Crippen LogP contribution in [-0.2, 0) is 22.4 Å². The molecule has 0 atom stereocenters. The van der Waals surface area contributed by atoms with Crippen LogP contribution >= 0.6 is 0 Å². The Morgan fingerprint density at radius 2 is 2.19 bits per heavy atom. The van der Waals surface area contributed by atoms with Crippen molar-refractivity contribution in [2.24, 2.45) is 4.99 Å². The van der Waals surface area contributed by atoms with Crippen molar-refractivity contribution in [3.05, 3.63) is 29.3 Å². The van der Waals surface area contributed by atoms with Gasteiger partial charge in [-0.1, -0.05) is 6.07 Å². The smallest absolute Gasteiger partial charge is 0.294 e. The molecule has 0 aromatic heterocycles. The minimum Gasteiger partial charge on any atom is -0.484 e. The van der Waals surface area contributed by atoms with Crippen LogP contribution in [0.5, 0.6) is 5.75 Å². The van der Waals surface area contributed by atoms with Crippen LogP contribution in [0, 0.1) is 0 Å². The summed E-state index contributed by atoms with van der Waals surface area (Å²) in [7, 11) is 0. The van der Waals surface area contributed by atoms with E-state index in [0.717, 1.165) is 12.8 Å². The molecule has 1 aromatic carbocycles. The highest BCUT2D eigenvalue weighted by atomic mass is 16.5. The van der Waals surface area contributed by atoms with Crippen molar-refractivity contribution in [1.29, 1.82) is 0 Å². The van der Waals surface area contributed by atoms with Gasteiger partial charge in [0.25, 0.3) is 5.91 Å². The molecule has 1 aromatic rings. The molecule has 0 heterocycles. The highest BCUT2D eigenvalue weighted by molar-refractivity contribution is 5.82. The minimum absolute atomic E-state index is 0.214. The van der Waals surface area contributed by atoms with E-state index in [0.29, 0.717) is 5.75 Å². The number of fused-ring (bicyclic) bond motifs is 1. The van der Waals surface area contributed by atoms with Crippen LogP contribution in [0.2, 0.25) is 0 Å². The summed E-state index contributed by atoms with van der Waals surface area (Å²) >= 11 is 0. The van der Waals surface area contributed by atoms with E-state index in [1.54, 1.807) is 0 Å². The van der Waals surface area contributed by atoms with Gasteiger partial charge in [-0.15, -0.1) is 4.99 Å². The van der Waals surface area contributed by atoms with Gasteiger partial charge < -0.3 is 4.74 Å². The topological polar surface area (TPSA) is 55.7 Å². The Bertz CT molecular complexity index is 461. The van der Waals surface area contributed by atoms with Crippen molar-refractivity contribution in [2.45, 2.75) is 19.3 Å². The van der Waals surface area contributed by atoms with Gasteiger partial charge in [0.05, 0.1) is 0 Å². The third-order valence-electron chi connectivity index (χ3n) is 2.60. The molecule has 0 radical (unpaired) electrons. The molecule has 0 aliphatic heterocycles. The van der Waals surface area contributed by atoms with Crippen LogP contribution in [-0.4, -0.2) is 18.6 Å². The Kier molecular flexibility index (Phi) is 3.13. The Labute approximate surface area is 92.9 Å². The number of hydrogen-bond donors (Lipinski definition) is 0. The van der Waals surface area contributed by atoms with Gasteiger partial charge in [-0.05, 0) is 42.5 Å². The highest BCUT2D eigenvalue weighted by Crippen LogP contribution is 2.25.